The van der Waals surface area contributed by atoms with E-state index in [-0.39, 0.29) is 0 Å². The highest BCUT2D eigenvalue weighted by molar-refractivity contribution is 7.26. The molecule has 0 unspecified atom stereocenters. The largest absolute Gasteiger partial charge is 0.309 e. The van der Waals surface area contributed by atoms with Gasteiger partial charge in [-0.25, -0.2) is 9.97 Å². The zero-order valence-electron chi connectivity index (χ0n) is 23.9. The Kier molecular flexibility index (Phi) is 5.32. The third-order valence-electron chi connectivity index (χ3n) is 8.85. The first-order valence-electron chi connectivity index (χ1n) is 15.0. The standard InChI is InChI=1S/C40H23N3S2/c1-2-10-24(11-3-1)38-37-29-14-6-9-17-33(29)45-40(37)42-39(41-38)25-18-20-26(21-19-25)43-30-15-7-4-12-27(30)35-31(43)22-23-34-36(35)28-13-5-8-16-32(28)44-34/h1-23H. The molecule has 0 saturated carbocycles. The second kappa shape index (κ2) is 9.57. The highest BCUT2D eigenvalue weighted by Gasteiger charge is 2.19. The van der Waals surface area contributed by atoms with Crippen LogP contribution in [0.15, 0.2) is 140 Å². The van der Waals surface area contributed by atoms with E-state index in [1.54, 1.807) is 11.3 Å². The van der Waals surface area contributed by atoms with Crippen molar-refractivity contribution in [3.63, 3.8) is 0 Å². The maximum Gasteiger partial charge on any atom is 0.161 e. The normalized spacial score (nSPS) is 12.0. The number of para-hydroxylation sites is 1. The molecule has 0 bridgehead atoms. The van der Waals surface area contributed by atoms with E-state index in [0.717, 1.165) is 38.5 Å². The lowest BCUT2D eigenvalue weighted by molar-refractivity contribution is 1.18. The van der Waals surface area contributed by atoms with Crippen LogP contribution in [0, 0.1) is 0 Å². The number of benzene rings is 6. The third kappa shape index (κ3) is 3.69. The molecule has 4 heterocycles. The van der Waals surface area contributed by atoms with Crippen LogP contribution in [0.1, 0.15) is 0 Å². The number of thiophene rings is 2. The van der Waals surface area contributed by atoms with Gasteiger partial charge >= 0.3 is 0 Å². The van der Waals surface area contributed by atoms with Crippen LogP contribution in [0.2, 0.25) is 0 Å². The summed E-state index contributed by atoms with van der Waals surface area (Å²) in [6.45, 7) is 0. The first-order valence-corrected chi connectivity index (χ1v) is 16.6. The van der Waals surface area contributed by atoms with Gasteiger partial charge in [-0.1, -0.05) is 84.9 Å². The smallest absolute Gasteiger partial charge is 0.161 e. The molecule has 210 valence electrons. The average molecular weight is 610 g/mol. The molecule has 0 amide bonds. The lowest BCUT2D eigenvalue weighted by Gasteiger charge is -2.10. The van der Waals surface area contributed by atoms with Gasteiger partial charge in [0.2, 0.25) is 0 Å². The van der Waals surface area contributed by atoms with Gasteiger partial charge in [0.05, 0.1) is 16.7 Å². The summed E-state index contributed by atoms with van der Waals surface area (Å²) in [5.41, 5.74) is 6.62. The van der Waals surface area contributed by atoms with Gasteiger partial charge in [-0.05, 0) is 54.6 Å². The summed E-state index contributed by atoms with van der Waals surface area (Å²) < 4.78 is 6.27. The summed E-state index contributed by atoms with van der Waals surface area (Å²) >= 11 is 3.60. The van der Waals surface area contributed by atoms with Crippen LogP contribution in [0.5, 0.6) is 0 Å². The van der Waals surface area contributed by atoms with E-state index in [1.165, 1.54) is 52.1 Å². The maximum absolute atomic E-state index is 5.20. The lowest BCUT2D eigenvalue weighted by Crippen LogP contribution is -1.96. The van der Waals surface area contributed by atoms with Crippen LogP contribution in [-0.2, 0) is 0 Å². The van der Waals surface area contributed by atoms with Crippen molar-refractivity contribution in [2.45, 2.75) is 0 Å². The van der Waals surface area contributed by atoms with Gasteiger partial charge in [0.1, 0.15) is 4.83 Å². The van der Waals surface area contributed by atoms with Crippen LogP contribution in [0.25, 0.3) is 90.6 Å². The van der Waals surface area contributed by atoms with Crippen molar-refractivity contribution in [2.75, 3.05) is 0 Å². The quantitative estimate of drug-likeness (QED) is 0.199. The number of hydrogen-bond donors (Lipinski definition) is 0. The molecule has 0 aliphatic rings. The molecule has 6 aromatic carbocycles. The highest BCUT2D eigenvalue weighted by Crippen LogP contribution is 2.44. The van der Waals surface area contributed by atoms with Gasteiger partial charge in [-0.3, -0.25) is 0 Å². The van der Waals surface area contributed by atoms with Crippen molar-refractivity contribution >= 4 is 85.0 Å². The van der Waals surface area contributed by atoms with E-state index in [0.29, 0.717) is 0 Å². The predicted molar refractivity (Wildman–Crippen MR) is 193 cm³/mol. The molecule has 0 N–H and O–H groups in total. The summed E-state index contributed by atoms with van der Waals surface area (Å²) in [5, 5.41) is 7.59. The SMILES string of the molecule is c1ccc(-c2nc(-c3ccc(-n4c5ccccc5c5c6c(ccc54)sc4ccccc46)cc3)nc3sc4ccccc4c23)cc1. The summed E-state index contributed by atoms with van der Waals surface area (Å²) in [4.78, 5) is 11.3. The van der Waals surface area contributed by atoms with E-state index in [9.17, 15) is 0 Å². The van der Waals surface area contributed by atoms with Crippen LogP contribution >= 0.6 is 22.7 Å². The Labute approximate surface area is 266 Å². The topological polar surface area (TPSA) is 30.7 Å². The molecule has 0 aliphatic heterocycles. The molecule has 0 spiro atoms. The second-order valence-electron chi connectivity index (χ2n) is 11.4. The summed E-state index contributed by atoms with van der Waals surface area (Å²) in [6.07, 6.45) is 0. The van der Waals surface area contributed by atoms with Gasteiger partial charge in [-0.15, -0.1) is 22.7 Å². The molecule has 0 saturated heterocycles. The van der Waals surface area contributed by atoms with E-state index in [4.69, 9.17) is 9.97 Å². The number of hydrogen-bond acceptors (Lipinski definition) is 4. The minimum Gasteiger partial charge on any atom is -0.309 e. The van der Waals surface area contributed by atoms with Crippen LogP contribution in [0.4, 0.5) is 0 Å². The highest BCUT2D eigenvalue weighted by atomic mass is 32.1. The lowest BCUT2D eigenvalue weighted by atomic mass is 10.1. The van der Waals surface area contributed by atoms with Crippen molar-refractivity contribution in [3.05, 3.63) is 140 Å². The van der Waals surface area contributed by atoms with Crippen molar-refractivity contribution in [1.82, 2.24) is 14.5 Å². The average Bonchev–Trinajstić information content (AvgIpc) is 3.77. The Balaban J connectivity index is 1.18. The maximum atomic E-state index is 5.20. The Bertz CT molecular complexity index is 2750. The predicted octanol–water partition coefficient (Wildman–Crippen LogP) is 11.6. The van der Waals surface area contributed by atoms with Crippen LogP contribution < -0.4 is 0 Å². The van der Waals surface area contributed by atoms with E-state index in [1.807, 2.05) is 17.4 Å². The molecule has 5 heteroatoms. The first-order chi connectivity index (χ1) is 22.3. The van der Waals surface area contributed by atoms with Crippen molar-refractivity contribution in [2.24, 2.45) is 0 Å². The molecule has 4 aromatic heterocycles. The Hall–Kier alpha value is -5.36. The van der Waals surface area contributed by atoms with E-state index < -0.39 is 0 Å². The fourth-order valence-electron chi connectivity index (χ4n) is 6.87. The summed E-state index contributed by atoms with van der Waals surface area (Å²) in [5.74, 6) is 0.744. The molecule has 3 nitrogen and oxygen atoms in total. The van der Waals surface area contributed by atoms with Gasteiger partial charge in [0, 0.05) is 63.2 Å². The molecule has 45 heavy (non-hydrogen) atoms. The molecule has 10 rings (SSSR count). The van der Waals surface area contributed by atoms with E-state index >= 15 is 0 Å². The van der Waals surface area contributed by atoms with Gasteiger partial charge in [-0.2, -0.15) is 0 Å². The van der Waals surface area contributed by atoms with Crippen molar-refractivity contribution in [3.8, 4) is 28.3 Å². The second-order valence-corrected chi connectivity index (χ2v) is 13.5. The fraction of sp³-hybridized carbons (Fsp3) is 0. The van der Waals surface area contributed by atoms with Crippen molar-refractivity contribution in [1.29, 1.82) is 0 Å². The van der Waals surface area contributed by atoms with Crippen LogP contribution in [0.3, 0.4) is 0 Å². The Morgan fingerprint density at radius 3 is 1.89 bits per heavy atom. The third-order valence-corrected chi connectivity index (χ3v) is 11.0. The molecular formula is C40H23N3S2. The summed E-state index contributed by atoms with van der Waals surface area (Å²) in [6, 6.07) is 49.8. The van der Waals surface area contributed by atoms with E-state index in [2.05, 4.69) is 138 Å². The van der Waals surface area contributed by atoms with Gasteiger partial charge < -0.3 is 4.57 Å². The number of nitrogens with zero attached hydrogens (tertiary/aromatic N) is 3. The monoisotopic (exact) mass is 609 g/mol. The first kappa shape index (κ1) is 25.0. The number of rotatable bonds is 3. The number of aromatic nitrogens is 3. The summed E-state index contributed by atoms with van der Waals surface area (Å²) in [7, 11) is 0. The zero-order valence-corrected chi connectivity index (χ0v) is 25.6. The van der Waals surface area contributed by atoms with Crippen LogP contribution in [-0.4, -0.2) is 14.5 Å². The minimum atomic E-state index is 0.744. The number of fused-ring (bicyclic) bond motifs is 10. The molecule has 0 atom stereocenters. The molecule has 0 fully saturated rings. The fourth-order valence-corrected chi connectivity index (χ4v) is 9.06. The molecule has 0 radical (unpaired) electrons. The molecular weight excluding hydrogens is 587 g/mol. The molecule has 10 aromatic rings. The van der Waals surface area contributed by atoms with Gasteiger partial charge in [0.15, 0.2) is 5.82 Å². The Morgan fingerprint density at radius 1 is 0.422 bits per heavy atom. The minimum absolute atomic E-state index is 0.744. The van der Waals surface area contributed by atoms with Crippen molar-refractivity contribution < 1.29 is 0 Å². The molecule has 0 aliphatic carbocycles. The Morgan fingerprint density at radius 2 is 1.09 bits per heavy atom. The zero-order chi connectivity index (χ0) is 29.5. The van der Waals surface area contributed by atoms with Gasteiger partial charge in [0.25, 0.3) is 0 Å².